The zero-order chi connectivity index (χ0) is 12.8. The monoisotopic (exact) mass is 242 g/mol. The first kappa shape index (κ1) is 12.0. The quantitative estimate of drug-likeness (QED) is 0.750. The Bertz CT molecular complexity index is 527. The van der Waals surface area contributed by atoms with Gasteiger partial charge in [-0.2, -0.15) is 5.10 Å². The summed E-state index contributed by atoms with van der Waals surface area (Å²) in [5.74, 6) is 0. The second-order valence-corrected chi connectivity index (χ2v) is 3.85. The van der Waals surface area contributed by atoms with Crippen molar-refractivity contribution in [2.24, 2.45) is 5.10 Å². The second-order valence-electron chi connectivity index (χ2n) is 3.85. The molecule has 18 heavy (non-hydrogen) atoms. The SMILES string of the molecule is CN(C)/C=C/C(=N\n1cnnc1)c1cccnc1. The number of hydrogen-bond acceptors (Lipinski definition) is 5. The molecule has 0 radical (unpaired) electrons. The van der Waals surface area contributed by atoms with E-state index in [2.05, 4.69) is 20.3 Å². The van der Waals surface area contributed by atoms with E-state index in [9.17, 15) is 0 Å². The van der Waals surface area contributed by atoms with Crippen LogP contribution in [0.3, 0.4) is 0 Å². The van der Waals surface area contributed by atoms with E-state index in [1.165, 1.54) is 0 Å². The summed E-state index contributed by atoms with van der Waals surface area (Å²) >= 11 is 0. The molecule has 0 aliphatic rings. The maximum Gasteiger partial charge on any atom is 0.141 e. The van der Waals surface area contributed by atoms with Crippen LogP contribution in [0.25, 0.3) is 0 Å². The summed E-state index contributed by atoms with van der Waals surface area (Å²) in [5, 5.41) is 11.9. The van der Waals surface area contributed by atoms with E-state index in [4.69, 9.17) is 0 Å². The molecule has 92 valence electrons. The van der Waals surface area contributed by atoms with Crippen LogP contribution < -0.4 is 0 Å². The van der Waals surface area contributed by atoms with Crippen molar-refractivity contribution in [3.8, 4) is 0 Å². The van der Waals surface area contributed by atoms with Crippen molar-refractivity contribution in [1.29, 1.82) is 0 Å². The largest absolute Gasteiger partial charge is 0.383 e. The molecule has 0 aliphatic heterocycles. The third-order valence-corrected chi connectivity index (χ3v) is 2.12. The van der Waals surface area contributed by atoms with Gasteiger partial charge in [0.1, 0.15) is 12.7 Å². The van der Waals surface area contributed by atoms with Crippen molar-refractivity contribution in [3.05, 3.63) is 55.0 Å². The van der Waals surface area contributed by atoms with E-state index >= 15 is 0 Å². The highest BCUT2D eigenvalue weighted by molar-refractivity contribution is 6.08. The Hall–Kier alpha value is -2.50. The molecule has 2 rings (SSSR count). The molecule has 0 aliphatic carbocycles. The van der Waals surface area contributed by atoms with Crippen molar-refractivity contribution >= 4 is 5.71 Å². The van der Waals surface area contributed by atoms with Crippen LogP contribution in [-0.4, -0.2) is 44.6 Å². The fraction of sp³-hybridized carbons (Fsp3) is 0.167. The summed E-state index contributed by atoms with van der Waals surface area (Å²) in [6.45, 7) is 0. The van der Waals surface area contributed by atoms with Crippen molar-refractivity contribution in [1.82, 2.24) is 24.8 Å². The first-order valence-corrected chi connectivity index (χ1v) is 5.44. The van der Waals surface area contributed by atoms with Gasteiger partial charge in [0.15, 0.2) is 0 Å². The number of nitrogens with zero attached hydrogens (tertiary/aromatic N) is 6. The minimum Gasteiger partial charge on any atom is -0.383 e. The Morgan fingerprint density at radius 3 is 2.72 bits per heavy atom. The molecule has 2 aromatic rings. The van der Waals surface area contributed by atoms with E-state index in [1.54, 1.807) is 29.7 Å². The van der Waals surface area contributed by atoms with Crippen molar-refractivity contribution in [2.75, 3.05) is 14.1 Å². The highest BCUT2D eigenvalue weighted by Gasteiger charge is 2.00. The smallest absolute Gasteiger partial charge is 0.141 e. The van der Waals surface area contributed by atoms with Crippen LogP contribution in [0.15, 0.2) is 54.6 Å². The predicted molar refractivity (Wildman–Crippen MR) is 69.0 cm³/mol. The van der Waals surface area contributed by atoms with E-state index in [0.29, 0.717) is 0 Å². The summed E-state index contributed by atoms with van der Waals surface area (Å²) in [5.41, 5.74) is 1.72. The second kappa shape index (κ2) is 5.72. The van der Waals surface area contributed by atoms with Gasteiger partial charge in [0, 0.05) is 38.3 Å². The molecule has 2 heterocycles. The molecular weight excluding hydrogens is 228 g/mol. The zero-order valence-electron chi connectivity index (χ0n) is 10.3. The van der Waals surface area contributed by atoms with Gasteiger partial charge in [-0.05, 0) is 18.2 Å². The highest BCUT2D eigenvalue weighted by Crippen LogP contribution is 2.02. The third-order valence-electron chi connectivity index (χ3n) is 2.12. The fourth-order valence-corrected chi connectivity index (χ4v) is 1.29. The molecule has 0 fully saturated rings. The van der Waals surface area contributed by atoms with Crippen LogP contribution in [0.5, 0.6) is 0 Å². The Balaban J connectivity index is 2.35. The van der Waals surface area contributed by atoms with Crippen molar-refractivity contribution in [2.45, 2.75) is 0 Å². The summed E-state index contributed by atoms with van der Waals surface area (Å²) in [6, 6.07) is 3.83. The molecule has 0 aromatic carbocycles. The van der Waals surface area contributed by atoms with Crippen LogP contribution in [0.2, 0.25) is 0 Å². The maximum absolute atomic E-state index is 4.42. The van der Waals surface area contributed by atoms with Crippen LogP contribution in [0.4, 0.5) is 0 Å². The average Bonchev–Trinajstić information content (AvgIpc) is 2.88. The highest BCUT2D eigenvalue weighted by atomic mass is 15.4. The van der Waals surface area contributed by atoms with Gasteiger partial charge in [-0.3, -0.25) is 4.98 Å². The first-order chi connectivity index (χ1) is 8.75. The lowest BCUT2D eigenvalue weighted by atomic mass is 10.2. The lowest BCUT2D eigenvalue weighted by Gasteiger charge is -2.05. The van der Waals surface area contributed by atoms with Gasteiger partial charge in [0.25, 0.3) is 0 Å². The summed E-state index contributed by atoms with van der Waals surface area (Å²) in [6.07, 6.45) is 10.4. The summed E-state index contributed by atoms with van der Waals surface area (Å²) < 4.78 is 1.56. The average molecular weight is 242 g/mol. The first-order valence-electron chi connectivity index (χ1n) is 5.44. The normalized spacial score (nSPS) is 12.0. The van der Waals surface area contributed by atoms with Crippen LogP contribution in [0.1, 0.15) is 5.56 Å². The standard InChI is InChI=1S/C12H14N6/c1-17(2)7-5-12(11-4-3-6-13-8-11)16-18-9-14-15-10-18/h3-10H,1-2H3/b7-5+,16-12+. The number of rotatable bonds is 4. The Morgan fingerprint density at radius 1 is 1.33 bits per heavy atom. The van der Waals surface area contributed by atoms with Crippen molar-refractivity contribution < 1.29 is 0 Å². The lowest BCUT2D eigenvalue weighted by molar-refractivity contribution is 0.564. The fourth-order valence-electron chi connectivity index (χ4n) is 1.29. The molecule has 6 heteroatoms. The molecule has 0 saturated carbocycles. The van der Waals surface area contributed by atoms with Gasteiger partial charge in [0.2, 0.25) is 0 Å². The zero-order valence-corrected chi connectivity index (χ0v) is 10.3. The van der Waals surface area contributed by atoms with Gasteiger partial charge >= 0.3 is 0 Å². The predicted octanol–water partition coefficient (Wildman–Crippen LogP) is 1.00. The van der Waals surface area contributed by atoms with Crippen molar-refractivity contribution in [3.63, 3.8) is 0 Å². The molecule has 0 unspecified atom stereocenters. The van der Waals surface area contributed by atoms with Crippen LogP contribution >= 0.6 is 0 Å². The molecule has 0 N–H and O–H groups in total. The molecule has 0 saturated heterocycles. The molecule has 6 nitrogen and oxygen atoms in total. The Labute approximate surface area is 105 Å². The van der Waals surface area contributed by atoms with Gasteiger partial charge in [-0.1, -0.05) is 0 Å². The van der Waals surface area contributed by atoms with E-state index in [0.717, 1.165) is 11.3 Å². The molecule has 0 spiro atoms. The number of aromatic nitrogens is 4. The Morgan fingerprint density at radius 2 is 2.11 bits per heavy atom. The number of allylic oxidation sites excluding steroid dienone is 1. The van der Waals surface area contributed by atoms with Crippen LogP contribution in [0, 0.1) is 0 Å². The van der Waals surface area contributed by atoms with Gasteiger partial charge in [-0.25, -0.2) is 4.68 Å². The molecule has 0 bridgehead atoms. The van der Waals surface area contributed by atoms with E-state index in [-0.39, 0.29) is 0 Å². The third kappa shape index (κ3) is 3.24. The number of hydrogen-bond donors (Lipinski definition) is 0. The molecular formula is C12H14N6. The minimum absolute atomic E-state index is 0.789. The summed E-state index contributed by atoms with van der Waals surface area (Å²) in [7, 11) is 3.91. The minimum atomic E-state index is 0.789. The number of pyridine rings is 1. The molecule has 0 atom stereocenters. The molecule has 2 aromatic heterocycles. The van der Waals surface area contributed by atoms with Gasteiger partial charge in [-0.15, -0.1) is 10.2 Å². The van der Waals surface area contributed by atoms with E-state index < -0.39 is 0 Å². The van der Waals surface area contributed by atoms with Gasteiger partial charge in [0.05, 0.1) is 5.71 Å². The maximum atomic E-state index is 4.42. The Kier molecular flexibility index (Phi) is 3.80. The topological polar surface area (TPSA) is 59.2 Å². The van der Waals surface area contributed by atoms with E-state index in [1.807, 2.05) is 43.4 Å². The lowest BCUT2D eigenvalue weighted by Crippen LogP contribution is -2.05. The van der Waals surface area contributed by atoms with Crippen LogP contribution in [-0.2, 0) is 0 Å². The summed E-state index contributed by atoms with van der Waals surface area (Å²) in [4.78, 5) is 6.04. The molecule has 0 amide bonds. The van der Waals surface area contributed by atoms with Gasteiger partial charge < -0.3 is 4.90 Å².